The van der Waals surface area contributed by atoms with Gasteiger partial charge in [-0.2, -0.15) is 0 Å². The lowest BCUT2D eigenvalue weighted by atomic mass is 10.0. The van der Waals surface area contributed by atoms with Gasteiger partial charge in [0, 0.05) is 13.2 Å². The third-order valence-electron chi connectivity index (χ3n) is 3.51. The van der Waals surface area contributed by atoms with Gasteiger partial charge in [-0.1, -0.05) is 13.3 Å². The van der Waals surface area contributed by atoms with Crippen molar-refractivity contribution in [1.29, 1.82) is 0 Å². The molecule has 0 aromatic rings. The summed E-state index contributed by atoms with van der Waals surface area (Å²) in [5.41, 5.74) is 0. The van der Waals surface area contributed by atoms with Gasteiger partial charge in [0.1, 0.15) is 0 Å². The lowest BCUT2D eigenvalue weighted by molar-refractivity contribution is -0.142. The molecule has 1 heterocycles. The number of hydrogen-bond acceptors (Lipinski definition) is 3. The molecule has 0 radical (unpaired) electrons. The zero-order chi connectivity index (χ0) is 11.0. The monoisotopic (exact) mass is 211 g/mol. The number of likely N-dealkylation sites (tertiary alicyclic amines) is 1. The van der Waals surface area contributed by atoms with Gasteiger partial charge in [-0.15, -0.1) is 0 Å². The van der Waals surface area contributed by atoms with Crippen molar-refractivity contribution >= 4 is 11.8 Å². The van der Waals surface area contributed by atoms with Crippen LogP contribution in [0.1, 0.15) is 26.2 Å². The molecule has 3 unspecified atom stereocenters. The Balaban J connectivity index is 1.93. The van der Waals surface area contributed by atoms with Crippen LogP contribution in [0.3, 0.4) is 0 Å². The summed E-state index contributed by atoms with van der Waals surface area (Å²) in [7, 11) is 0. The molecule has 2 aliphatic rings. The van der Waals surface area contributed by atoms with E-state index in [2.05, 4.69) is 0 Å². The van der Waals surface area contributed by atoms with Gasteiger partial charge in [-0.25, -0.2) is 0 Å². The van der Waals surface area contributed by atoms with Crippen LogP contribution in [0.2, 0.25) is 0 Å². The van der Waals surface area contributed by atoms with Gasteiger partial charge in [0.2, 0.25) is 11.8 Å². The van der Waals surface area contributed by atoms with Crippen molar-refractivity contribution in [2.45, 2.75) is 26.2 Å². The zero-order valence-corrected chi connectivity index (χ0v) is 8.98. The molecule has 15 heavy (non-hydrogen) atoms. The largest absolute Gasteiger partial charge is 0.396 e. The molecule has 1 N–H and O–H groups in total. The van der Waals surface area contributed by atoms with E-state index in [4.69, 9.17) is 5.11 Å². The Labute approximate surface area is 89.3 Å². The van der Waals surface area contributed by atoms with Gasteiger partial charge in [0.15, 0.2) is 0 Å². The van der Waals surface area contributed by atoms with Crippen molar-refractivity contribution in [3.63, 3.8) is 0 Å². The summed E-state index contributed by atoms with van der Waals surface area (Å²) in [5, 5.41) is 8.85. The van der Waals surface area contributed by atoms with Crippen molar-refractivity contribution in [2.75, 3.05) is 13.2 Å². The Hall–Kier alpha value is -0.900. The van der Waals surface area contributed by atoms with E-state index >= 15 is 0 Å². The molecule has 2 rings (SSSR count). The summed E-state index contributed by atoms with van der Waals surface area (Å²) in [5.74, 6) is 0.288. The fraction of sp³-hybridized carbons (Fsp3) is 0.818. The van der Waals surface area contributed by atoms with Crippen LogP contribution in [0.4, 0.5) is 0 Å². The Morgan fingerprint density at radius 2 is 2.00 bits per heavy atom. The summed E-state index contributed by atoms with van der Waals surface area (Å²) < 4.78 is 0. The first kappa shape index (κ1) is 10.6. The summed E-state index contributed by atoms with van der Waals surface area (Å²) in [6.45, 7) is 2.65. The van der Waals surface area contributed by atoms with Gasteiger partial charge in [0.25, 0.3) is 0 Å². The molecule has 4 heteroatoms. The maximum absolute atomic E-state index is 11.7. The first-order valence-corrected chi connectivity index (χ1v) is 5.65. The number of carbonyl (C=O) groups excluding carboxylic acids is 2. The average Bonchev–Trinajstić information content (AvgIpc) is 2.97. The summed E-state index contributed by atoms with van der Waals surface area (Å²) >= 11 is 0. The lowest BCUT2D eigenvalue weighted by Crippen LogP contribution is -2.37. The first-order chi connectivity index (χ1) is 7.19. The zero-order valence-electron chi connectivity index (χ0n) is 8.98. The maximum Gasteiger partial charge on any atom is 0.233 e. The van der Waals surface area contributed by atoms with E-state index in [1.807, 2.05) is 6.92 Å². The van der Waals surface area contributed by atoms with Crippen LogP contribution in [0.15, 0.2) is 0 Å². The van der Waals surface area contributed by atoms with E-state index in [1.54, 1.807) is 0 Å². The summed E-state index contributed by atoms with van der Waals surface area (Å²) in [6.07, 6.45) is 2.33. The molecular weight excluding hydrogens is 194 g/mol. The fourth-order valence-electron chi connectivity index (χ4n) is 2.30. The van der Waals surface area contributed by atoms with Crippen LogP contribution >= 0.6 is 0 Å². The summed E-state index contributed by atoms with van der Waals surface area (Å²) in [6, 6.07) is 0. The van der Waals surface area contributed by atoms with Crippen molar-refractivity contribution in [3.8, 4) is 0 Å². The van der Waals surface area contributed by atoms with Gasteiger partial charge < -0.3 is 5.11 Å². The van der Waals surface area contributed by atoms with Gasteiger partial charge >= 0.3 is 0 Å². The number of imide groups is 1. The summed E-state index contributed by atoms with van der Waals surface area (Å²) in [4.78, 5) is 24.7. The second-order valence-electron chi connectivity index (χ2n) is 4.52. The molecule has 2 fully saturated rings. The number of aliphatic hydroxyl groups is 1. The minimum absolute atomic E-state index is 0.00383. The second-order valence-corrected chi connectivity index (χ2v) is 4.52. The highest BCUT2D eigenvalue weighted by molar-refractivity contribution is 6.08. The molecule has 0 aromatic carbocycles. The molecule has 0 aromatic heterocycles. The van der Waals surface area contributed by atoms with E-state index < -0.39 is 0 Å². The van der Waals surface area contributed by atoms with Crippen LogP contribution in [-0.2, 0) is 9.59 Å². The molecule has 0 bridgehead atoms. The molecule has 1 aliphatic carbocycles. The minimum Gasteiger partial charge on any atom is -0.396 e. The highest BCUT2D eigenvalue weighted by Gasteiger charge is 2.58. The number of amides is 2. The van der Waals surface area contributed by atoms with E-state index in [-0.39, 0.29) is 36.2 Å². The smallest absolute Gasteiger partial charge is 0.233 e. The Bertz CT molecular complexity index is 270. The number of rotatable bonds is 5. The average molecular weight is 211 g/mol. The molecule has 1 saturated carbocycles. The normalized spacial score (nSPS) is 30.7. The predicted molar refractivity (Wildman–Crippen MR) is 53.8 cm³/mol. The number of piperidine rings is 1. The molecule has 84 valence electrons. The molecule has 0 spiro atoms. The van der Waals surface area contributed by atoms with Crippen LogP contribution in [0, 0.1) is 17.8 Å². The van der Waals surface area contributed by atoms with Crippen molar-refractivity contribution in [2.24, 2.45) is 17.8 Å². The minimum atomic E-state index is 0.00383. The SMILES string of the molecule is CCC(CCO)CN1C(=O)C2CC2C1=O. The number of hydrogen-bond donors (Lipinski definition) is 1. The number of aliphatic hydroxyl groups excluding tert-OH is 1. The Morgan fingerprint density at radius 3 is 2.47 bits per heavy atom. The number of fused-ring (bicyclic) bond motifs is 1. The highest BCUT2D eigenvalue weighted by atomic mass is 16.3. The van der Waals surface area contributed by atoms with Gasteiger partial charge in [-0.3, -0.25) is 14.5 Å². The lowest BCUT2D eigenvalue weighted by Gasteiger charge is -2.22. The maximum atomic E-state index is 11.7. The first-order valence-electron chi connectivity index (χ1n) is 5.65. The van der Waals surface area contributed by atoms with Crippen LogP contribution in [-0.4, -0.2) is 35.0 Å². The third-order valence-corrected chi connectivity index (χ3v) is 3.51. The molecule has 2 amide bonds. The molecular formula is C11H17NO3. The number of carbonyl (C=O) groups is 2. The second kappa shape index (κ2) is 3.93. The topological polar surface area (TPSA) is 57.6 Å². The molecule has 1 saturated heterocycles. The van der Waals surface area contributed by atoms with Crippen LogP contribution in [0.5, 0.6) is 0 Å². The van der Waals surface area contributed by atoms with Crippen LogP contribution in [0.25, 0.3) is 0 Å². The van der Waals surface area contributed by atoms with E-state index in [9.17, 15) is 9.59 Å². The number of nitrogens with zero attached hydrogens (tertiary/aromatic N) is 1. The van der Waals surface area contributed by atoms with Crippen molar-refractivity contribution in [3.05, 3.63) is 0 Å². The van der Waals surface area contributed by atoms with Crippen molar-refractivity contribution in [1.82, 2.24) is 4.90 Å². The van der Waals surface area contributed by atoms with Gasteiger partial charge in [0.05, 0.1) is 11.8 Å². The fourth-order valence-corrected chi connectivity index (χ4v) is 2.30. The van der Waals surface area contributed by atoms with E-state index in [1.165, 1.54) is 4.90 Å². The predicted octanol–water partition coefficient (Wildman–Crippen LogP) is 0.400. The van der Waals surface area contributed by atoms with Crippen molar-refractivity contribution < 1.29 is 14.7 Å². The van der Waals surface area contributed by atoms with E-state index in [0.29, 0.717) is 13.0 Å². The standard InChI is InChI=1S/C11H17NO3/c1-2-7(3-4-13)6-12-10(14)8-5-9(8)11(12)15/h7-9,13H,2-6H2,1H3. The Kier molecular flexibility index (Phi) is 2.78. The van der Waals surface area contributed by atoms with Crippen LogP contribution < -0.4 is 0 Å². The van der Waals surface area contributed by atoms with E-state index in [0.717, 1.165) is 12.8 Å². The molecule has 4 nitrogen and oxygen atoms in total. The quantitative estimate of drug-likeness (QED) is 0.670. The van der Waals surface area contributed by atoms with Gasteiger partial charge in [-0.05, 0) is 18.8 Å². The molecule has 1 aliphatic heterocycles. The molecule has 3 atom stereocenters. The Morgan fingerprint density at radius 1 is 1.40 bits per heavy atom. The highest BCUT2D eigenvalue weighted by Crippen LogP contribution is 2.47. The third kappa shape index (κ3) is 1.78.